The van der Waals surface area contributed by atoms with Crippen molar-refractivity contribution >= 4 is 34.4 Å². The summed E-state index contributed by atoms with van der Waals surface area (Å²) >= 11 is 0. The lowest BCUT2D eigenvalue weighted by Gasteiger charge is -2.26. The third kappa shape index (κ3) is 3.05. The van der Waals surface area contributed by atoms with E-state index < -0.39 is 23.7 Å². The van der Waals surface area contributed by atoms with Crippen LogP contribution < -0.4 is 4.90 Å². The Morgan fingerprint density at radius 1 is 1.31 bits per heavy atom. The molecule has 0 radical (unpaired) electrons. The Morgan fingerprint density at radius 3 is 2.77 bits per heavy atom. The van der Waals surface area contributed by atoms with E-state index in [1.165, 1.54) is 11.2 Å². The molecular formula is C18H19N3O5. The highest BCUT2D eigenvalue weighted by Gasteiger charge is 2.43. The zero-order valence-corrected chi connectivity index (χ0v) is 14.2. The van der Waals surface area contributed by atoms with Gasteiger partial charge in [-0.05, 0) is 31.0 Å². The zero-order chi connectivity index (χ0) is 18.8. The van der Waals surface area contributed by atoms with E-state index in [0.717, 1.165) is 5.52 Å². The number of aliphatic hydroxyl groups is 1. The maximum atomic E-state index is 12.6. The molecule has 3 rings (SSSR count). The molecule has 0 fully saturated rings. The Bertz CT molecular complexity index is 914. The van der Waals surface area contributed by atoms with Crippen LogP contribution in [0.25, 0.3) is 11.0 Å². The summed E-state index contributed by atoms with van der Waals surface area (Å²) in [5.41, 5.74) is 1.86. The molecule has 8 heteroatoms. The van der Waals surface area contributed by atoms with Crippen LogP contribution in [0.5, 0.6) is 0 Å². The number of hydrogen-bond acceptors (Lipinski definition) is 5. The molecule has 8 nitrogen and oxygen atoms in total. The highest BCUT2D eigenvalue weighted by molar-refractivity contribution is 6.16. The zero-order valence-electron chi connectivity index (χ0n) is 14.2. The largest absolute Gasteiger partial charge is 0.503 e. The lowest BCUT2D eigenvalue weighted by Crippen LogP contribution is -2.37. The van der Waals surface area contributed by atoms with E-state index in [1.807, 2.05) is 6.92 Å². The van der Waals surface area contributed by atoms with Crippen molar-refractivity contribution in [3.8, 4) is 0 Å². The number of aromatic amines is 1. The molecule has 136 valence electrons. The number of amides is 1. The monoisotopic (exact) mass is 357 g/mol. The minimum absolute atomic E-state index is 0.000208. The molecule has 26 heavy (non-hydrogen) atoms. The van der Waals surface area contributed by atoms with Gasteiger partial charge in [0.25, 0.3) is 5.91 Å². The van der Waals surface area contributed by atoms with Crippen molar-refractivity contribution in [3.05, 3.63) is 35.9 Å². The Kier molecular flexibility index (Phi) is 4.75. The van der Waals surface area contributed by atoms with E-state index in [-0.39, 0.29) is 30.6 Å². The molecule has 2 heterocycles. The molecule has 0 saturated heterocycles. The Balaban J connectivity index is 2.03. The van der Waals surface area contributed by atoms with Gasteiger partial charge in [0.05, 0.1) is 29.0 Å². The van der Waals surface area contributed by atoms with Crippen LogP contribution in [0, 0.1) is 0 Å². The molecule has 1 aromatic carbocycles. The third-order valence-electron chi connectivity index (χ3n) is 4.41. The number of H-pyrrole nitrogens is 1. The molecule has 0 aliphatic carbocycles. The molecule has 1 atom stereocenters. The molecule has 1 aromatic heterocycles. The first-order valence-electron chi connectivity index (χ1n) is 8.38. The highest BCUT2D eigenvalue weighted by atomic mass is 16.4. The fourth-order valence-corrected chi connectivity index (χ4v) is 3.24. The molecule has 1 amide bonds. The first-order chi connectivity index (χ1) is 12.4. The molecule has 1 aliphatic heterocycles. The first-order valence-corrected chi connectivity index (χ1v) is 8.38. The number of rotatable bonds is 7. The van der Waals surface area contributed by atoms with Crippen molar-refractivity contribution in [2.24, 2.45) is 0 Å². The Labute approximate surface area is 149 Å². The lowest BCUT2D eigenvalue weighted by atomic mass is 9.96. The Morgan fingerprint density at radius 2 is 2.08 bits per heavy atom. The van der Waals surface area contributed by atoms with Gasteiger partial charge >= 0.3 is 5.97 Å². The topological polar surface area (TPSA) is 124 Å². The quantitative estimate of drug-likeness (QED) is 0.699. The highest BCUT2D eigenvalue weighted by Crippen LogP contribution is 2.35. The number of nitrogens with one attached hydrogen (secondary N) is 1. The van der Waals surface area contributed by atoms with Crippen molar-refractivity contribution in [3.63, 3.8) is 0 Å². The van der Waals surface area contributed by atoms with Crippen molar-refractivity contribution < 1.29 is 24.6 Å². The molecule has 1 unspecified atom stereocenters. The first kappa shape index (κ1) is 17.7. The van der Waals surface area contributed by atoms with Crippen LogP contribution >= 0.6 is 0 Å². The number of benzene rings is 1. The van der Waals surface area contributed by atoms with Gasteiger partial charge < -0.3 is 15.2 Å². The summed E-state index contributed by atoms with van der Waals surface area (Å²) in [5, 5.41) is 19.3. The number of aliphatic hydroxyl groups excluding tert-OH is 1. The second-order valence-electron chi connectivity index (χ2n) is 6.16. The maximum Gasteiger partial charge on any atom is 0.303 e. The summed E-state index contributed by atoms with van der Waals surface area (Å²) in [5.74, 6) is -2.67. The minimum Gasteiger partial charge on any atom is -0.503 e. The maximum absolute atomic E-state index is 12.6. The molecule has 2 aromatic rings. The molecule has 0 saturated carbocycles. The SMILES string of the molecule is CCCC(=O)C1=C(O)C(=O)N(c2ccc3[nH]cnc3c2)C1CCC(=O)O. The summed E-state index contributed by atoms with van der Waals surface area (Å²) in [7, 11) is 0. The summed E-state index contributed by atoms with van der Waals surface area (Å²) in [6.07, 6.45) is 2.08. The smallest absolute Gasteiger partial charge is 0.303 e. The average Bonchev–Trinajstić information content (AvgIpc) is 3.15. The van der Waals surface area contributed by atoms with E-state index in [2.05, 4.69) is 9.97 Å². The number of imidazole rings is 1. The number of aliphatic carboxylic acids is 1. The molecule has 0 bridgehead atoms. The van der Waals surface area contributed by atoms with E-state index in [4.69, 9.17) is 5.11 Å². The van der Waals surface area contributed by atoms with E-state index in [0.29, 0.717) is 17.6 Å². The number of fused-ring (bicyclic) bond motifs is 1. The van der Waals surface area contributed by atoms with Gasteiger partial charge in [0, 0.05) is 18.5 Å². The normalized spacial score (nSPS) is 17.3. The van der Waals surface area contributed by atoms with Crippen LogP contribution in [0.1, 0.15) is 32.6 Å². The van der Waals surface area contributed by atoms with Crippen LogP contribution in [-0.2, 0) is 14.4 Å². The number of Topliss-reactive ketones (excluding diaryl/α,β-unsaturated/α-hetero) is 1. The van der Waals surface area contributed by atoms with Gasteiger partial charge in [-0.3, -0.25) is 19.3 Å². The van der Waals surface area contributed by atoms with E-state index in [1.54, 1.807) is 18.2 Å². The summed E-state index contributed by atoms with van der Waals surface area (Å²) in [4.78, 5) is 44.5. The summed E-state index contributed by atoms with van der Waals surface area (Å²) < 4.78 is 0. The van der Waals surface area contributed by atoms with Crippen molar-refractivity contribution in [1.29, 1.82) is 0 Å². The van der Waals surface area contributed by atoms with Crippen LogP contribution in [0.15, 0.2) is 35.9 Å². The Hall–Kier alpha value is -3.16. The number of aromatic nitrogens is 2. The van der Waals surface area contributed by atoms with Gasteiger partial charge in [0.2, 0.25) is 0 Å². The number of ketones is 1. The van der Waals surface area contributed by atoms with Gasteiger partial charge in [-0.2, -0.15) is 0 Å². The van der Waals surface area contributed by atoms with Crippen molar-refractivity contribution in [2.45, 2.75) is 38.6 Å². The molecule has 1 aliphatic rings. The number of carboxylic acid groups (broad SMARTS) is 1. The molecular weight excluding hydrogens is 338 g/mol. The minimum atomic E-state index is -1.03. The fourth-order valence-electron chi connectivity index (χ4n) is 3.24. The number of hydrogen-bond donors (Lipinski definition) is 3. The number of anilines is 1. The average molecular weight is 357 g/mol. The van der Waals surface area contributed by atoms with E-state index >= 15 is 0 Å². The van der Waals surface area contributed by atoms with E-state index in [9.17, 15) is 19.5 Å². The van der Waals surface area contributed by atoms with Gasteiger partial charge in [-0.1, -0.05) is 6.92 Å². The molecule has 0 spiro atoms. The van der Waals surface area contributed by atoms with Gasteiger partial charge in [0.1, 0.15) is 0 Å². The third-order valence-corrected chi connectivity index (χ3v) is 4.41. The summed E-state index contributed by atoms with van der Waals surface area (Å²) in [6.45, 7) is 1.82. The number of nitrogens with zero attached hydrogens (tertiary/aromatic N) is 2. The van der Waals surface area contributed by atoms with Crippen molar-refractivity contribution in [2.75, 3.05) is 4.90 Å². The number of carbonyl (C=O) groups excluding carboxylic acids is 2. The fraction of sp³-hybridized carbons (Fsp3) is 0.333. The standard InChI is InChI=1S/C18H19N3O5/c1-2-3-14(22)16-13(6-7-15(23)24)21(18(26)17(16)25)10-4-5-11-12(8-10)20-9-19-11/h4-5,8-9,13,25H,2-3,6-7H2,1H3,(H,19,20)(H,23,24). The predicted octanol–water partition coefficient (Wildman–Crippen LogP) is 2.32. The van der Waals surface area contributed by atoms with Gasteiger partial charge in [-0.15, -0.1) is 0 Å². The van der Waals surface area contributed by atoms with Crippen LogP contribution in [0.3, 0.4) is 0 Å². The van der Waals surface area contributed by atoms with Crippen molar-refractivity contribution in [1.82, 2.24) is 9.97 Å². The van der Waals surface area contributed by atoms with Gasteiger partial charge in [-0.25, -0.2) is 4.98 Å². The van der Waals surface area contributed by atoms with Crippen LogP contribution in [0.2, 0.25) is 0 Å². The van der Waals surface area contributed by atoms with Crippen LogP contribution in [0.4, 0.5) is 5.69 Å². The second-order valence-corrected chi connectivity index (χ2v) is 6.16. The van der Waals surface area contributed by atoms with Gasteiger partial charge in [0.15, 0.2) is 11.5 Å². The number of carbonyl (C=O) groups is 3. The van der Waals surface area contributed by atoms with Crippen LogP contribution in [-0.4, -0.2) is 43.9 Å². The molecule has 3 N–H and O–H groups in total. The number of carboxylic acids is 1. The summed E-state index contributed by atoms with van der Waals surface area (Å²) in [6, 6.07) is 4.27. The second kappa shape index (κ2) is 6.99. The predicted molar refractivity (Wildman–Crippen MR) is 93.8 cm³/mol. The lowest BCUT2D eigenvalue weighted by molar-refractivity contribution is -0.137.